The Labute approximate surface area is 148 Å². The van der Waals surface area contributed by atoms with Crippen LogP contribution in [0, 0.1) is 0 Å². The number of thiazole rings is 1. The third-order valence-corrected chi connectivity index (χ3v) is 5.27. The molecule has 0 bridgehead atoms. The monoisotopic (exact) mass is 359 g/mol. The van der Waals surface area contributed by atoms with Crippen molar-refractivity contribution in [3.8, 4) is 10.6 Å². The first-order valence-corrected chi connectivity index (χ1v) is 9.25. The largest absolute Gasteiger partial charge is 0.361 e. The normalized spacial score (nSPS) is 10.6. The van der Waals surface area contributed by atoms with Gasteiger partial charge in [0.1, 0.15) is 15.7 Å². The summed E-state index contributed by atoms with van der Waals surface area (Å²) in [6, 6.07) is 3.75. The molecule has 0 saturated heterocycles. The number of rotatable bonds is 6. The number of amides is 1. The van der Waals surface area contributed by atoms with Gasteiger partial charge in [0.15, 0.2) is 0 Å². The standard InChI is InChI=1S/C16H17N5OS2/c1-3-21(4-2)16-12(9-18-24-16)19-14(22)13-10-23-15(20-13)11-5-7-17-8-6-11/h5-10H,3-4H2,1-2H3,(H,19,22). The molecule has 0 aromatic carbocycles. The molecule has 0 saturated carbocycles. The lowest BCUT2D eigenvalue weighted by molar-refractivity contribution is 0.102. The van der Waals surface area contributed by atoms with E-state index in [-0.39, 0.29) is 5.91 Å². The first-order valence-electron chi connectivity index (χ1n) is 7.59. The minimum Gasteiger partial charge on any atom is -0.361 e. The molecule has 24 heavy (non-hydrogen) atoms. The second-order valence-electron chi connectivity index (χ2n) is 4.94. The molecule has 1 N–H and O–H groups in total. The molecule has 3 rings (SSSR count). The number of nitrogens with one attached hydrogen (secondary N) is 1. The van der Waals surface area contributed by atoms with Crippen molar-refractivity contribution in [2.24, 2.45) is 0 Å². The van der Waals surface area contributed by atoms with E-state index in [0.717, 1.165) is 34.3 Å². The molecule has 0 fully saturated rings. The summed E-state index contributed by atoms with van der Waals surface area (Å²) in [7, 11) is 0. The Morgan fingerprint density at radius 3 is 2.71 bits per heavy atom. The number of nitrogens with zero attached hydrogens (tertiary/aromatic N) is 4. The quantitative estimate of drug-likeness (QED) is 0.725. The van der Waals surface area contributed by atoms with Crippen molar-refractivity contribution in [3.63, 3.8) is 0 Å². The van der Waals surface area contributed by atoms with Crippen LogP contribution in [0.5, 0.6) is 0 Å². The van der Waals surface area contributed by atoms with Gasteiger partial charge >= 0.3 is 0 Å². The molecule has 0 aliphatic heterocycles. The molecule has 3 aromatic rings. The molecule has 0 radical (unpaired) electrons. The van der Waals surface area contributed by atoms with Gasteiger partial charge in [0.25, 0.3) is 5.91 Å². The fraction of sp³-hybridized carbons (Fsp3) is 0.250. The zero-order valence-electron chi connectivity index (χ0n) is 13.4. The van der Waals surface area contributed by atoms with Crippen LogP contribution in [-0.4, -0.2) is 33.3 Å². The maximum atomic E-state index is 12.5. The molecule has 0 aliphatic carbocycles. The van der Waals surface area contributed by atoms with Gasteiger partial charge in [-0.15, -0.1) is 11.3 Å². The zero-order chi connectivity index (χ0) is 16.9. The van der Waals surface area contributed by atoms with E-state index in [9.17, 15) is 4.79 Å². The van der Waals surface area contributed by atoms with Crippen molar-refractivity contribution < 1.29 is 4.79 Å². The molecule has 6 nitrogen and oxygen atoms in total. The van der Waals surface area contributed by atoms with Crippen LogP contribution < -0.4 is 10.2 Å². The lowest BCUT2D eigenvalue weighted by Gasteiger charge is -2.19. The van der Waals surface area contributed by atoms with Gasteiger partial charge < -0.3 is 10.2 Å². The topological polar surface area (TPSA) is 71.0 Å². The highest BCUT2D eigenvalue weighted by Gasteiger charge is 2.17. The highest BCUT2D eigenvalue weighted by atomic mass is 32.1. The summed E-state index contributed by atoms with van der Waals surface area (Å²) in [6.45, 7) is 5.89. The Bertz CT molecular complexity index is 811. The lowest BCUT2D eigenvalue weighted by Crippen LogP contribution is -2.22. The summed E-state index contributed by atoms with van der Waals surface area (Å²) < 4.78 is 4.20. The predicted molar refractivity (Wildman–Crippen MR) is 99.0 cm³/mol. The van der Waals surface area contributed by atoms with Gasteiger partial charge in [0, 0.05) is 36.4 Å². The fourth-order valence-electron chi connectivity index (χ4n) is 2.25. The lowest BCUT2D eigenvalue weighted by atomic mass is 10.3. The number of aromatic nitrogens is 3. The number of carbonyl (C=O) groups excluding carboxylic acids is 1. The number of pyridine rings is 1. The smallest absolute Gasteiger partial charge is 0.275 e. The maximum absolute atomic E-state index is 12.5. The Kier molecular flexibility index (Phi) is 5.17. The maximum Gasteiger partial charge on any atom is 0.275 e. The van der Waals surface area contributed by atoms with Crippen molar-refractivity contribution in [3.05, 3.63) is 41.8 Å². The minimum atomic E-state index is -0.222. The molecular weight excluding hydrogens is 342 g/mol. The van der Waals surface area contributed by atoms with Crippen molar-refractivity contribution >= 4 is 39.5 Å². The second kappa shape index (κ2) is 7.50. The van der Waals surface area contributed by atoms with Gasteiger partial charge in [-0.2, -0.15) is 4.37 Å². The highest BCUT2D eigenvalue weighted by Crippen LogP contribution is 2.31. The van der Waals surface area contributed by atoms with Crippen LogP contribution in [0.4, 0.5) is 10.7 Å². The van der Waals surface area contributed by atoms with Crippen LogP contribution in [0.1, 0.15) is 24.3 Å². The van der Waals surface area contributed by atoms with E-state index < -0.39 is 0 Å². The van der Waals surface area contributed by atoms with Gasteiger partial charge in [0.05, 0.1) is 11.9 Å². The molecule has 0 atom stereocenters. The summed E-state index contributed by atoms with van der Waals surface area (Å²) in [4.78, 5) is 23.1. The summed E-state index contributed by atoms with van der Waals surface area (Å²) in [6.07, 6.45) is 5.11. The van der Waals surface area contributed by atoms with E-state index in [2.05, 4.69) is 38.4 Å². The van der Waals surface area contributed by atoms with Gasteiger partial charge in [-0.1, -0.05) is 0 Å². The first-order chi connectivity index (χ1) is 11.7. The average Bonchev–Trinajstić information content (AvgIpc) is 3.27. The van der Waals surface area contributed by atoms with Crippen LogP contribution in [0.3, 0.4) is 0 Å². The molecule has 3 aromatic heterocycles. The summed E-state index contributed by atoms with van der Waals surface area (Å²) in [5, 5.41) is 6.46. The SMILES string of the molecule is CCN(CC)c1sncc1NC(=O)c1csc(-c2ccncc2)n1. The summed E-state index contributed by atoms with van der Waals surface area (Å²) >= 11 is 2.82. The van der Waals surface area contributed by atoms with E-state index in [4.69, 9.17) is 0 Å². The third kappa shape index (κ3) is 3.44. The molecule has 0 spiro atoms. The Morgan fingerprint density at radius 2 is 2.00 bits per heavy atom. The molecule has 8 heteroatoms. The predicted octanol–water partition coefficient (Wildman–Crippen LogP) is 3.76. The molecule has 124 valence electrons. The number of carbonyl (C=O) groups is 1. The van der Waals surface area contributed by atoms with Gasteiger partial charge in [-0.25, -0.2) is 4.98 Å². The van der Waals surface area contributed by atoms with Gasteiger partial charge in [0.2, 0.25) is 0 Å². The summed E-state index contributed by atoms with van der Waals surface area (Å²) in [5.74, 6) is -0.222. The molecule has 3 heterocycles. The molecule has 0 unspecified atom stereocenters. The number of hydrogen-bond donors (Lipinski definition) is 1. The van der Waals surface area contributed by atoms with Crippen molar-refractivity contribution in [2.45, 2.75) is 13.8 Å². The van der Waals surface area contributed by atoms with Gasteiger partial charge in [-0.05, 0) is 37.5 Å². The highest BCUT2D eigenvalue weighted by molar-refractivity contribution is 7.13. The van der Waals surface area contributed by atoms with Crippen molar-refractivity contribution in [1.29, 1.82) is 0 Å². The van der Waals surface area contributed by atoms with Crippen LogP contribution in [0.2, 0.25) is 0 Å². The summed E-state index contributed by atoms with van der Waals surface area (Å²) in [5.41, 5.74) is 2.09. The number of anilines is 2. The second-order valence-corrected chi connectivity index (χ2v) is 6.58. The van der Waals surface area contributed by atoms with Crippen LogP contribution >= 0.6 is 22.9 Å². The first kappa shape index (κ1) is 16.5. The molecule has 0 aliphatic rings. The van der Waals surface area contributed by atoms with E-state index in [0.29, 0.717) is 5.69 Å². The van der Waals surface area contributed by atoms with E-state index in [1.807, 2.05) is 12.1 Å². The molecular formula is C16H17N5OS2. The van der Waals surface area contributed by atoms with Crippen molar-refractivity contribution in [2.75, 3.05) is 23.3 Å². The fourth-order valence-corrected chi connectivity index (χ4v) is 3.89. The average molecular weight is 359 g/mol. The van der Waals surface area contributed by atoms with E-state index in [1.165, 1.54) is 22.9 Å². The van der Waals surface area contributed by atoms with E-state index in [1.54, 1.807) is 24.0 Å². The Hall–Kier alpha value is -2.32. The Morgan fingerprint density at radius 1 is 1.25 bits per heavy atom. The van der Waals surface area contributed by atoms with E-state index >= 15 is 0 Å². The Balaban J connectivity index is 1.77. The van der Waals surface area contributed by atoms with Gasteiger partial charge in [-0.3, -0.25) is 9.78 Å². The zero-order valence-corrected chi connectivity index (χ0v) is 15.0. The molecule has 1 amide bonds. The minimum absolute atomic E-state index is 0.222. The van der Waals surface area contributed by atoms with Crippen LogP contribution in [-0.2, 0) is 0 Å². The third-order valence-electron chi connectivity index (χ3n) is 3.51. The van der Waals surface area contributed by atoms with Crippen LogP contribution in [0.15, 0.2) is 36.1 Å². The van der Waals surface area contributed by atoms with Crippen molar-refractivity contribution in [1.82, 2.24) is 14.3 Å². The van der Waals surface area contributed by atoms with Crippen LogP contribution in [0.25, 0.3) is 10.6 Å². The number of hydrogen-bond acceptors (Lipinski definition) is 7.